The van der Waals surface area contributed by atoms with Crippen molar-refractivity contribution < 1.29 is 9.13 Å². The van der Waals surface area contributed by atoms with Crippen LogP contribution in [0.25, 0.3) is 0 Å². The van der Waals surface area contributed by atoms with Gasteiger partial charge in [0.1, 0.15) is 5.75 Å². The SMILES string of the molecule is Cc1ccc(Cc2ccc(=O)[nH]n2)c(F)c1Oc1cccc(C#N)c1. The third-order valence-corrected chi connectivity index (χ3v) is 3.67. The summed E-state index contributed by atoms with van der Waals surface area (Å²) >= 11 is 0. The van der Waals surface area contributed by atoms with Crippen molar-refractivity contribution in [1.82, 2.24) is 10.2 Å². The first kappa shape index (κ1) is 16.4. The molecule has 1 heterocycles. The summed E-state index contributed by atoms with van der Waals surface area (Å²) in [5, 5.41) is 15.2. The highest BCUT2D eigenvalue weighted by Gasteiger charge is 2.15. The number of rotatable bonds is 4. The molecule has 2 aromatic carbocycles. The number of aromatic amines is 1. The van der Waals surface area contributed by atoms with Gasteiger partial charge in [0, 0.05) is 12.5 Å². The van der Waals surface area contributed by atoms with Gasteiger partial charge in [-0.25, -0.2) is 9.49 Å². The molecule has 0 aliphatic carbocycles. The molecule has 0 aliphatic rings. The standard InChI is InChI=1S/C19H14FN3O2/c1-12-5-6-14(10-15-7-8-17(24)23-22-15)18(20)19(12)25-16-4-2-3-13(9-16)11-21/h2-9H,10H2,1H3,(H,23,24). The van der Waals surface area contributed by atoms with Gasteiger partial charge in [0.2, 0.25) is 0 Å². The van der Waals surface area contributed by atoms with Crippen LogP contribution in [-0.2, 0) is 6.42 Å². The fourth-order valence-electron chi connectivity index (χ4n) is 2.37. The van der Waals surface area contributed by atoms with Crippen molar-refractivity contribution in [2.45, 2.75) is 13.3 Å². The highest BCUT2D eigenvalue weighted by Crippen LogP contribution is 2.31. The molecule has 0 bridgehead atoms. The molecule has 0 saturated heterocycles. The molecule has 0 unspecified atom stereocenters. The second-order valence-corrected chi connectivity index (χ2v) is 5.52. The number of H-pyrrole nitrogens is 1. The number of nitriles is 1. The second-order valence-electron chi connectivity index (χ2n) is 5.52. The Bertz CT molecular complexity index is 1000. The van der Waals surface area contributed by atoms with E-state index in [4.69, 9.17) is 10.00 Å². The zero-order chi connectivity index (χ0) is 17.8. The maximum atomic E-state index is 14.9. The molecule has 0 aliphatic heterocycles. The van der Waals surface area contributed by atoms with Crippen molar-refractivity contribution in [1.29, 1.82) is 5.26 Å². The van der Waals surface area contributed by atoms with Crippen LogP contribution in [0.5, 0.6) is 11.5 Å². The molecule has 0 spiro atoms. The topological polar surface area (TPSA) is 78.8 Å². The van der Waals surface area contributed by atoms with E-state index >= 15 is 0 Å². The van der Waals surface area contributed by atoms with Gasteiger partial charge in [-0.2, -0.15) is 10.4 Å². The number of nitrogens with one attached hydrogen (secondary N) is 1. The molecule has 5 nitrogen and oxygen atoms in total. The van der Waals surface area contributed by atoms with Crippen LogP contribution < -0.4 is 10.3 Å². The molecule has 3 aromatic rings. The zero-order valence-electron chi connectivity index (χ0n) is 13.4. The number of ether oxygens (including phenoxy) is 1. The van der Waals surface area contributed by atoms with Gasteiger partial charge in [0.15, 0.2) is 11.6 Å². The Balaban J connectivity index is 1.93. The van der Waals surface area contributed by atoms with E-state index in [0.29, 0.717) is 28.1 Å². The summed E-state index contributed by atoms with van der Waals surface area (Å²) in [5.74, 6) is 0.00717. The molecule has 0 radical (unpaired) electrons. The summed E-state index contributed by atoms with van der Waals surface area (Å²) in [6.45, 7) is 1.74. The van der Waals surface area contributed by atoms with E-state index in [1.165, 1.54) is 6.07 Å². The van der Waals surface area contributed by atoms with Crippen molar-refractivity contribution in [2.75, 3.05) is 0 Å². The fourth-order valence-corrected chi connectivity index (χ4v) is 2.37. The van der Waals surface area contributed by atoms with E-state index in [-0.39, 0.29) is 17.7 Å². The van der Waals surface area contributed by atoms with E-state index in [9.17, 15) is 9.18 Å². The quantitative estimate of drug-likeness (QED) is 0.792. The van der Waals surface area contributed by atoms with Crippen molar-refractivity contribution in [3.63, 3.8) is 0 Å². The Kier molecular flexibility index (Phi) is 4.57. The van der Waals surface area contributed by atoms with E-state index in [1.807, 2.05) is 6.07 Å². The van der Waals surface area contributed by atoms with Crippen LogP contribution in [0.1, 0.15) is 22.4 Å². The normalized spacial score (nSPS) is 10.3. The minimum absolute atomic E-state index is 0.108. The third-order valence-electron chi connectivity index (χ3n) is 3.67. The predicted octanol–water partition coefficient (Wildman–Crippen LogP) is 3.47. The Morgan fingerprint density at radius 1 is 1.24 bits per heavy atom. The zero-order valence-corrected chi connectivity index (χ0v) is 13.4. The monoisotopic (exact) mass is 335 g/mol. The molecule has 3 rings (SSSR count). The van der Waals surface area contributed by atoms with Crippen molar-refractivity contribution in [2.24, 2.45) is 0 Å². The first-order valence-electron chi connectivity index (χ1n) is 7.57. The summed E-state index contributed by atoms with van der Waals surface area (Å²) < 4.78 is 20.6. The molecule has 0 atom stereocenters. The van der Waals surface area contributed by atoms with E-state index in [0.717, 1.165) is 0 Å². The first-order valence-corrected chi connectivity index (χ1v) is 7.57. The lowest BCUT2D eigenvalue weighted by Crippen LogP contribution is -2.08. The Hall–Kier alpha value is -3.46. The van der Waals surface area contributed by atoms with Crippen LogP contribution in [-0.4, -0.2) is 10.2 Å². The second kappa shape index (κ2) is 6.97. The molecule has 1 aromatic heterocycles. The summed E-state index contributed by atoms with van der Waals surface area (Å²) in [6.07, 6.45) is 0.220. The van der Waals surface area contributed by atoms with Gasteiger partial charge in [-0.1, -0.05) is 18.2 Å². The summed E-state index contributed by atoms with van der Waals surface area (Å²) in [6, 6.07) is 14.9. The average Bonchev–Trinajstić information content (AvgIpc) is 2.63. The van der Waals surface area contributed by atoms with Crippen LogP contribution >= 0.6 is 0 Å². The van der Waals surface area contributed by atoms with E-state index in [2.05, 4.69) is 10.2 Å². The molecule has 124 valence electrons. The van der Waals surface area contributed by atoms with Crippen LogP contribution in [0.2, 0.25) is 0 Å². The first-order chi connectivity index (χ1) is 12.1. The molecule has 0 fully saturated rings. The summed E-state index contributed by atoms with van der Waals surface area (Å²) in [4.78, 5) is 11.1. The van der Waals surface area contributed by atoms with Crippen molar-refractivity contribution in [3.05, 3.63) is 87.1 Å². The highest BCUT2D eigenvalue weighted by atomic mass is 19.1. The van der Waals surface area contributed by atoms with Gasteiger partial charge in [-0.3, -0.25) is 4.79 Å². The molecule has 25 heavy (non-hydrogen) atoms. The van der Waals surface area contributed by atoms with Gasteiger partial charge < -0.3 is 4.74 Å². The lowest BCUT2D eigenvalue weighted by atomic mass is 10.1. The highest BCUT2D eigenvalue weighted by molar-refractivity contribution is 5.44. The number of halogens is 1. The van der Waals surface area contributed by atoms with E-state index in [1.54, 1.807) is 49.4 Å². The van der Waals surface area contributed by atoms with Crippen molar-refractivity contribution in [3.8, 4) is 17.6 Å². The lowest BCUT2D eigenvalue weighted by Gasteiger charge is -2.13. The smallest absolute Gasteiger partial charge is 0.264 e. The molecule has 6 heteroatoms. The number of nitrogens with zero attached hydrogens (tertiary/aromatic N) is 2. The Labute approximate surface area is 143 Å². The Morgan fingerprint density at radius 3 is 2.80 bits per heavy atom. The summed E-state index contributed by atoms with van der Waals surface area (Å²) in [7, 11) is 0. The fraction of sp³-hybridized carbons (Fsp3) is 0.105. The van der Waals surface area contributed by atoms with Crippen LogP contribution in [0, 0.1) is 24.1 Å². The van der Waals surface area contributed by atoms with Crippen LogP contribution in [0.3, 0.4) is 0 Å². The lowest BCUT2D eigenvalue weighted by molar-refractivity contribution is 0.435. The van der Waals surface area contributed by atoms with Gasteiger partial charge in [-0.15, -0.1) is 0 Å². The number of benzene rings is 2. The van der Waals surface area contributed by atoms with Crippen molar-refractivity contribution >= 4 is 0 Å². The maximum Gasteiger partial charge on any atom is 0.264 e. The van der Waals surface area contributed by atoms with Gasteiger partial charge >= 0.3 is 0 Å². The molecular formula is C19H14FN3O2. The largest absolute Gasteiger partial charge is 0.454 e. The van der Waals surface area contributed by atoms with Crippen LogP contribution in [0.15, 0.2) is 53.3 Å². The van der Waals surface area contributed by atoms with E-state index < -0.39 is 5.82 Å². The number of aryl methyl sites for hydroxylation is 1. The van der Waals surface area contributed by atoms with Gasteiger partial charge in [-0.05, 0) is 42.3 Å². The predicted molar refractivity (Wildman–Crippen MR) is 90.0 cm³/mol. The molecule has 0 amide bonds. The Morgan fingerprint density at radius 2 is 2.08 bits per heavy atom. The molecule has 1 N–H and O–H groups in total. The number of hydrogen-bond acceptors (Lipinski definition) is 4. The maximum absolute atomic E-state index is 14.9. The van der Waals surface area contributed by atoms with Crippen LogP contribution in [0.4, 0.5) is 4.39 Å². The number of aromatic nitrogens is 2. The minimum atomic E-state index is -0.490. The molecular weight excluding hydrogens is 321 g/mol. The molecule has 0 saturated carbocycles. The summed E-state index contributed by atoms with van der Waals surface area (Å²) in [5.41, 5.74) is 1.70. The average molecular weight is 335 g/mol. The van der Waals surface area contributed by atoms with Gasteiger partial charge in [0.05, 0.1) is 17.3 Å². The minimum Gasteiger partial charge on any atom is -0.454 e. The third kappa shape index (κ3) is 3.72. The van der Waals surface area contributed by atoms with Gasteiger partial charge in [0.25, 0.3) is 5.56 Å². The number of hydrogen-bond donors (Lipinski definition) is 1.